The first kappa shape index (κ1) is 16.9. The predicted octanol–water partition coefficient (Wildman–Crippen LogP) is 2.13. The summed E-state index contributed by atoms with van der Waals surface area (Å²) in [5.74, 6) is -0.967. The van der Waals surface area contributed by atoms with E-state index < -0.39 is 16.8 Å². The molecule has 1 N–H and O–H groups in total. The summed E-state index contributed by atoms with van der Waals surface area (Å²) in [6.07, 6.45) is 1.19. The Morgan fingerprint density at radius 3 is 2.88 bits per heavy atom. The molecule has 2 rings (SSSR count). The maximum Gasteiger partial charge on any atom is 0.374 e. The molecule has 124 valence electrons. The lowest BCUT2D eigenvalue weighted by Crippen LogP contribution is -2.17. The third-order valence-corrected chi connectivity index (χ3v) is 2.78. The molecule has 0 aliphatic carbocycles. The van der Waals surface area contributed by atoms with E-state index in [2.05, 4.69) is 10.5 Å². The summed E-state index contributed by atoms with van der Waals surface area (Å²) in [5.41, 5.74) is 2.10. The zero-order valence-electron chi connectivity index (χ0n) is 12.6. The molecule has 2 aromatic rings. The van der Waals surface area contributed by atoms with Gasteiger partial charge in [0, 0.05) is 17.7 Å². The van der Waals surface area contributed by atoms with E-state index in [9.17, 15) is 19.7 Å². The molecule has 0 aliphatic rings. The van der Waals surface area contributed by atoms with Crippen molar-refractivity contribution in [2.45, 2.75) is 6.92 Å². The van der Waals surface area contributed by atoms with Crippen LogP contribution in [0.4, 0.5) is 5.69 Å². The van der Waals surface area contributed by atoms with E-state index in [0.29, 0.717) is 0 Å². The molecular weight excluding hydrogens is 318 g/mol. The zero-order valence-corrected chi connectivity index (χ0v) is 12.6. The van der Waals surface area contributed by atoms with Crippen molar-refractivity contribution in [2.75, 3.05) is 6.61 Å². The molecule has 1 aromatic heterocycles. The summed E-state index contributed by atoms with van der Waals surface area (Å²) in [6.45, 7) is 1.90. The topological polar surface area (TPSA) is 124 Å². The van der Waals surface area contributed by atoms with E-state index >= 15 is 0 Å². The first-order chi connectivity index (χ1) is 11.5. The molecule has 0 bridgehead atoms. The van der Waals surface area contributed by atoms with Crippen LogP contribution in [0.15, 0.2) is 45.9 Å². The van der Waals surface area contributed by atoms with Gasteiger partial charge in [-0.1, -0.05) is 6.07 Å². The Morgan fingerprint density at radius 1 is 1.38 bits per heavy atom. The minimum atomic E-state index is -0.618. The van der Waals surface area contributed by atoms with Gasteiger partial charge in [-0.2, -0.15) is 5.10 Å². The number of hydrogen-bond donors (Lipinski definition) is 1. The van der Waals surface area contributed by atoms with Crippen LogP contribution in [0.5, 0.6) is 0 Å². The number of furan rings is 1. The Labute approximate surface area is 136 Å². The highest BCUT2D eigenvalue weighted by Crippen LogP contribution is 2.13. The van der Waals surface area contributed by atoms with E-state index in [1.165, 1.54) is 36.5 Å². The van der Waals surface area contributed by atoms with Crippen LogP contribution in [0, 0.1) is 10.1 Å². The third-order valence-electron chi connectivity index (χ3n) is 2.78. The van der Waals surface area contributed by atoms with Crippen LogP contribution in [-0.4, -0.2) is 29.6 Å². The number of nitro benzene ring substituents is 1. The molecule has 1 amide bonds. The average molecular weight is 331 g/mol. The van der Waals surface area contributed by atoms with Crippen LogP contribution in [0.2, 0.25) is 0 Å². The van der Waals surface area contributed by atoms with Gasteiger partial charge in [0.15, 0.2) is 0 Å². The average Bonchev–Trinajstić information content (AvgIpc) is 3.04. The highest BCUT2D eigenvalue weighted by molar-refractivity contribution is 5.95. The van der Waals surface area contributed by atoms with Gasteiger partial charge in [0.1, 0.15) is 5.76 Å². The third kappa shape index (κ3) is 4.26. The van der Waals surface area contributed by atoms with E-state index in [0.717, 1.165) is 6.07 Å². The molecule has 1 aromatic carbocycles. The minimum absolute atomic E-state index is 0.0170. The molecule has 0 saturated carbocycles. The predicted molar refractivity (Wildman–Crippen MR) is 82.8 cm³/mol. The zero-order chi connectivity index (χ0) is 17.5. The van der Waals surface area contributed by atoms with Gasteiger partial charge in [0.2, 0.25) is 5.76 Å². The van der Waals surface area contributed by atoms with Crippen molar-refractivity contribution >= 4 is 23.8 Å². The molecule has 0 spiro atoms. The maximum atomic E-state index is 11.9. The second-order valence-corrected chi connectivity index (χ2v) is 4.43. The molecule has 0 radical (unpaired) electrons. The number of benzene rings is 1. The van der Waals surface area contributed by atoms with E-state index in [4.69, 9.17) is 9.15 Å². The molecule has 0 atom stereocenters. The van der Waals surface area contributed by atoms with Gasteiger partial charge in [-0.25, -0.2) is 10.2 Å². The number of rotatable bonds is 6. The highest BCUT2D eigenvalue weighted by Gasteiger charge is 2.12. The van der Waals surface area contributed by atoms with Gasteiger partial charge < -0.3 is 9.15 Å². The lowest BCUT2D eigenvalue weighted by molar-refractivity contribution is -0.384. The number of hydrogen-bond acceptors (Lipinski definition) is 7. The Balaban J connectivity index is 1.99. The van der Waals surface area contributed by atoms with Crippen LogP contribution in [0.25, 0.3) is 0 Å². The van der Waals surface area contributed by atoms with Crippen LogP contribution in [0.1, 0.15) is 33.6 Å². The Kier molecular flexibility index (Phi) is 5.40. The molecule has 0 unspecified atom stereocenters. The van der Waals surface area contributed by atoms with Crippen LogP contribution >= 0.6 is 0 Å². The summed E-state index contributed by atoms with van der Waals surface area (Å²) in [5, 5.41) is 14.3. The molecule has 24 heavy (non-hydrogen) atoms. The quantitative estimate of drug-likeness (QED) is 0.374. The fraction of sp³-hybridized carbons (Fsp3) is 0.133. The normalized spacial score (nSPS) is 10.5. The summed E-state index contributed by atoms with van der Waals surface area (Å²) in [6, 6.07) is 8.13. The second-order valence-electron chi connectivity index (χ2n) is 4.43. The number of carbonyl (C=O) groups is 2. The lowest BCUT2D eigenvalue weighted by Gasteiger charge is -1.99. The Morgan fingerprint density at radius 2 is 2.17 bits per heavy atom. The number of hydrazone groups is 1. The number of non-ortho nitro benzene ring substituents is 1. The van der Waals surface area contributed by atoms with Crippen molar-refractivity contribution in [3.63, 3.8) is 0 Å². The van der Waals surface area contributed by atoms with Gasteiger partial charge >= 0.3 is 5.97 Å². The second kappa shape index (κ2) is 7.68. The fourth-order valence-electron chi connectivity index (χ4n) is 1.71. The van der Waals surface area contributed by atoms with Gasteiger partial charge in [0.05, 0.1) is 17.7 Å². The summed E-state index contributed by atoms with van der Waals surface area (Å²) < 4.78 is 9.94. The number of esters is 1. The molecule has 0 fully saturated rings. The van der Waals surface area contributed by atoms with Crippen molar-refractivity contribution in [1.29, 1.82) is 0 Å². The van der Waals surface area contributed by atoms with E-state index in [1.54, 1.807) is 6.92 Å². The summed E-state index contributed by atoms with van der Waals surface area (Å²) >= 11 is 0. The molecule has 0 aliphatic heterocycles. The van der Waals surface area contributed by atoms with E-state index in [-0.39, 0.29) is 29.4 Å². The van der Waals surface area contributed by atoms with Crippen LogP contribution in [0.3, 0.4) is 0 Å². The molecule has 9 heteroatoms. The molecule has 9 nitrogen and oxygen atoms in total. The van der Waals surface area contributed by atoms with Crippen LogP contribution in [-0.2, 0) is 4.74 Å². The summed E-state index contributed by atoms with van der Waals surface area (Å²) in [4.78, 5) is 33.4. The smallest absolute Gasteiger partial charge is 0.374 e. The number of amides is 1. The fourth-order valence-corrected chi connectivity index (χ4v) is 1.71. The van der Waals surface area contributed by atoms with Gasteiger partial charge in [-0.15, -0.1) is 0 Å². The largest absolute Gasteiger partial charge is 0.460 e. The van der Waals surface area contributed by atoms with Crippen LogP contribution < -0.4 is 5.43 Å². The minimum Gasteiger partial charge on any atom is -0.460 e. The number of nitrogens with one attached hydrogen (secondary N) is 1. The number of nitrogens with zero attached hydrogens (tertiary/aromatic N) is 2. The number of carbonyl (C=O) groups excluding carboxylic acids is 2. The first-order valence-electron chi connectivity index (χ1n) is 6.86. The van der Waals surface area contributed by atoms with Gasteiger partial charge in [-0.3, -0.25) is 14.9 Å². The van der Waals surface area contributed by atoms with Crippen molar-refractivity contribution in [2.24, 2.45) is 5.10 Å². The van der Waals surface area contributed by atoms with E-state index in [1.807, 2.05) is 0 Å². The summed E-state index contributed by atoms with van der Waals surface area (Å²) in [7, 11) is 0. The number of nitro groups is 1. The first-order valence-corrected chi connectivity index (χ1v) is 6.86. The molecule has 0 saturated heterocycles. The Hall–Kier alpha value is -3.49. The lowest BCUT2D eigenvalue weighted by atomic mass is 10.2. The SMILES string of the molecule is CCOC(=O)c1ccc(/C=N\NC(=O)c2cccc([N+](=O)[O-])c2)o1. The van der Waals surface area contributed by atoms with Crippen molar-refractivity contribution < 1.29 is 23.7 Å². The Bertz CT molecular complexity index is 796. The van der Waals surface area contributed by atoms with Crippen molar-refractivity contribution in [3.05, 3.63) is 63.6 Å². The van der Waals surface area contributed by atoms with Crippen molar-refractivity contribution in [3.8, 4) is 0 Å². The highest BCUT2D eigenvalue weighted by atomic mass is 16.6. The standard InChI is InChI=1S/C15H13N3O6/c1-2-23-15(20)13-7-6-12(24-13)9-16-17-14(19)10-4-3-5-11(8-10)18(21)22/h3-9H,2H2,1H3,(H,17,19)/b16-9-. The van der Waals surface area contributed by atoms with Gasteiger partial charge in [0.25, 0.3) is 11.6 Å². The maximum absolute atomic E-state index is 11.9. The number of ether oxygens (including phenoxy) is 1. The molecule has 1 heterocycles. The van der Waals surface area contributed by atoms with Crippen molar-refractivity contribution in [1.82, 2.24) is 5.43 Å². The van der Waals surface area contributed by atoms with Gasteiger partial charge in [-0.05, 0) is 25.1 Å². The molecular formula is C15H13N3O6. The monoisotopic (exact) mass is 331 g/mol.